The predicted octanol–water partition coefficient (Wildman–Crippen LogP) is 3.37. The van der Waals surface area contributed by atoms with Crippen molar-refractivity contribution in [1.29, 1.82) is 0 Å². The molecule has 2 atom stereocenters. The maximum atomic E-state index is 13.6. The van der Waals surface area contributed by atoms with E-state index in [9.17, 15) is 4.39 Å². The van der Waals surface area contributed by atoms with Crippen molar-refractivity contribution in [2.24, 2.45) is 5.92 Å². The molecular formula is C16H27FN2. The molecule has 0 spiro atoms. The summed E-state index contributed by atoms with van der Waals surface area (Å²) in [5, 5.41) is 3.50. The quantitative estimate of drug-likeness (QED) is 0.849. The fourth-order valence-corrected chi connectivity index (χ4v) is 2.31. The Morgan fingerprint density at radius 1 is 1.21 bits per heavy atom. The average molecular weight is 266 g/mol. The van der Waals surface area contributed by atoms with Gasteiger partial charge in [0.2, 0.25) is 0 Å². The minimum absolute atomic E-state index is 0.126. The van der Waals surface area contributed by atoms with Crippen LogP contribution in [0.5, 0.6) is 0 Å². The third-order valence-electron chi connectivity index (χ3n) is 3.76. The van der Waals surface area contributed by atoms with Crippen LogP contribution in [0.4, 0.5) is 4.39 Å². The van der Waals surface area contributed by atoms with Crippen molar-refractivity contribution in [2.75, 3.05) is 20.6 Å². The van der Waals surface area contributed by atoms with Gasteiger partial charge in [-0.05, 0) is 51.1 Å². The van der Waals surface area contributed by atoms with Crippen LogP contribution < -0.4 is 5.32 Å². The minimum atomic E-state index is -0.126. The molecule has 0 radical (unpaired) electrons. The van der Waals surface area contributed by atoms with Gasteiger partial charge in [0.05, 0.1) is 0 Å². The van der Waals surface area contributed by atoms with Gasteiger partial charge in [0.25, 0.3) is 0 Å². The van der Waals surface area contributed by atoms with Crippen LogP contribution in [0.3, 0.4) is 0 Å². The highest BCUT2D eigenvalue weighted by molar-refractivity contribution is 5.25. The Hall–Kier alpha value is -0.930. The van der Waals surface area contributed by atoms with Gasteiger partial charge in [-0.15, -0.1) is 0 Å². The van der Waals surface area contributed by atoms with E-state index >= 15 is 0 Å². The molecular weight excluding hydrogens is 239 g/mol. The molecule has 0 aromatic heterocycles. The van der Waals surface area contributed by atoms with Crippen LogP contribution in [-0.2, 0) is 0 Å². The van der Waals surface area contributed by atoms with E-state index in [2.05, 4.69) is 45.1 Å². The van der Waals surface area contributed by atoms with Gasteiger partial charge in [-0.2, -0.15) is 0 Å². The van der Waals surface area contributed by atoms with Crippen LogP contribution >= 0.6 is 0 Å². The normalized spacial score (nSPS) is 15.0. The van der Waals surface area contributed by atoms with E-state index in [0.29, 0.717) is 17.5 Å². The largest absolute Gasteiger partial charge is 0.309 e. The molecule has 0 amide bonds. The molecule has 1 N–H and O–H groups in total. The zero-order chi connectivity index (χ0) is 14.6. The van der Waals surface area contributed by atoms with Gasteiger partial charge >= 0.3 is 0 Å². The van der Waals surface area contributed by atoms with Crippen molar-refractivity contribution in [3.8, 4) is 0 Å². The first-order chi connectivity index (χ1) is 8.82. The van der Waals surface area contributed by atoms with Crippen LogP contribution in [0.1, 0.15) is 37.9 Å². The summed E-state index contributed by atoms with van der Waals surface area (Å²) in [4.78, 5) is 2.24. The Kier molecular flexibility index (Phi) is 5.95. The number of halogens is 1. The summed E-state index contributed by atoms with van der Waals surface area (Å²) in [6, 6.07) is 6.12. The van der Waals surface area contributed by atoms with Crippen LogP contribution in [0, 0.1) is 18.7 Å². The van der Waals surface area contributed by atoms with Crippen molar-refractivity contribution >= 4 is 0 Å². The highest BCUT2D eigenvalue weighted by atomic mass is 19.1. The third-order valence-corrected chi connectivity index (χ3v) is 3.76. The monoisotopic (exact) mass is 266 g/mol. The van der Waals surface area contributed by atoms with Gasteiger partial charge in [-0.25, -0.2) is 4.39 Å². The molecule has 2 unspecified atom stereocenters. The lowest BCUT2D eigenvalue weighted by molar-refractivity contribution is 0.220. The summed E-state index contributed by atoms with van der Waals surface area (Å²) < 4.78 is 13.6. The number of hydrogen-bond donors (Lipinski definition) is 1. The standard InChI is InChI=1S/C16H27FN2/c1-11(2)16(19(5)6)10-18-13(4)14-8-7-12(3)15(17)9-14/h7-9,11,13,16,18H,10H2,1-6H3. The summed E-state index contributed by atoms with van der Waals surface area (Å²) in [5.41, 5.74) is 1.70. The van der Waals surface area contributed by atoms with E-state index in [4.69, 9.17) is 0 Å². The lowest BCUT2D eigenvalue weighted by atomic mass is 10.0. The van der Waals surface area contributed by atoms with Crippen molar-refractivity contribution in [2.45, 2.75) is 39.8 Å². The van der Waals surface area contributed by atoms with Gasteiger partial charge in [-0.3, -0.25) is 0 Å². The molecule has 3 heteroatoms. The molecule has 0 aliphatic rings. The molecule has 0 aliphatic carbocycles. The molecule has 19 heavy (non-hydrogen) atoms. The van der Waals surface area contributed by atoms with E-state index in [1.807, 2.05) is 12.1 Å². The van der Waals surface area contributed by atoms with Crippen molar-refractivity contribution in [3.63, 3.8) is 0 Å². The van der Waals surface area contributed by atoms with Crippen molar-refractivity contribution in [3.05, 3.63) is 35.1 Å². The SMILES string of the molecule is Cc1ccc(C(C)NCC(C(C)C)N(C)C)cc1F. The number of rotatable bonds is 6. The summed E-state index contributed by atoms with van der Waals surface area (Å²) in [5.74, 6) is 0.462. The van der Waals surface area contributed by atoms with E-state index in [1.54, 1.807) is 13.0 Å². The maximum Gasteiger partial charge on any atom is 0.126 e. The summed E-state index contributed by atoms with van der Waals surface area (Å²) in [6.07, 6.45) is 0. The second-order valence-corrected chi connectivity index (χ2v) is 5.91. The number of nitrogens with zero attached hydrogens (tertiary/aromatic N) is 1. The van der Waals surface area contributed by atoms with E-state index < -0.39 is 0 Å². The van der Waals surface area contributed by atoms with Gasteiger partial charge < -0.3 is 10.2 Å². The van der Waals surface area contributed by atoms with E-state index in [-0.39, 0.29) is 11.9 Å². The Morgan fingerprint density at radius 3 is 2.32 bits per heavy atom. The van der Waals surface area contributed by atoms with Crippen LogP contribution in [0.2, 0.25) is 0 Å². The zero-order valence-corrected chi connectivity index (χ0v) is 13.0. The second kappa shape index (κ2) is 7.01. The lowest BCUT2D eigenvalue weighted by Crippen LogP contribution is -2.42. The van der Waals surface area contributed by atoms with Crippen molar-refractivity contribution < 1.29 is 4.39 Å². The summed E-state index contributed by atoms with van der Waals surface area (Å²) in [6.45, 7) is 9.22. The molecule has 0 saturated heterocycles. The van der Waals surface area contributed by atoms with E-state index in [0.717, 1.165) is 12.1 Å². The number of aryl methyl sites for hydroxylation is 1. The van der Waals surface area contributed by atoms with E-state index in [1.165, 1.54) is 0 Å². The van der Waals surface area contributed by atoms with Gasteiger partial charge in [0, 0.05) is 18.6 Å². The molecule has 2 nitrogen and oxygen atoms in total. The van der Waals surface area contributed by atoms with Gasteiger partial charge in [-0.1, -0.05) is 26.0 Å². The molecule has 108 valence electrons. The first kappa shape index (κ1) is 16.1. The molecule has 1 rings (SSSR count). The first-order valence-electron chi connectivity index (χ1n) is 6.98. The topological polar surface area (TPSA) is 15.3 Å². The molecule has 0 bridgehead atoms. The lowest BCUT2D eigenvalue weighted by Gasteiger charge is -2.29. The number of hydrogen-bond acceptors (Lipinski definition) is 2. The Morgan fingerprint density at radius 2 is 1.84 bits per heavy atom. The fraction of sp³-hybridized carbons (Fsp3) is 0.625. The zero-order valence-electron chi connectivity index (χ0n) is 13.0. The number of benzene rings is 1. The highest BCUT2D eigenvalue weighted by Crippen LogP contribution is 2.17. The Bertz CT molecular complexity index is 394. The number of nitrogens with one attached hydrogen (secondary N) is 1. The summed E-state index contributed by atoms with van der Waals surface area (Å²) in [7, 11) is 4.20. The molecule has 0 aliphatic heterocycles. The van der Waals surface area contributed by atoms with Crippen LogP contribution in [0.25, 0.3) is 0 Å². The molecule has 1 aromatic carbocycles. The first-order valence-corrected chi connectivity index (χ1v) is 6.98. The minimum Gasteiger partial charge on any atom is -0.309 e. The third kappa shape index (κ3) is 4.59. The van der Waals surface area contributed by atoms with Crippen molar-refractivity contribution in [1.82, 2.24) is 10.2 Å². The highest BCUT2D eigenvalue weighted by Gasteiger charge is 2.17. The maximum absolute atomic E-state index is 13.6. The summed E-state index contributed by atoms with van der Waals surface area (Å²) >= 11 is 0. The second-order valence-electron chi connectivity index (χ2n) is 5.91. The molecule has 0 heterocycles. The predicted molar refractivity (Wildman–Crippen MR) is 79.9 cm³/mol. The molecule has 1 aromatic rings. The van der Waals surface area contributed by atoms with Gasteiger partial charge in [0.15, 0.2) is 0 Å². The van der Waals surface area contributed by atoms with Gasteiger partial charge in [0.1, 0.15) is 5.82 Å². The van der Waals surface area contributed by atoms with Crippen LogP contribution in [0.15, 0.2) is 18.2 Å². The Balaban J connectivity index is 2.63. The number of likely N-dealkylation sites (N-methyl/N-ethyl adjacent to an activating group) is 1. The Labute approximate surface area is 117 Å². The smallest absolute Gasteiger partial charge is 0.126 e. The molecule has 0 saturated carbocycles. The average Bonchev–Trinajstić information content (AvgIpc) is 2.31. The van der Waals surface area contributed by atoms with Crippen LogP contribution in [-0.4, -0.2) is 31.6 Å². The molecule has 0 fully saturated rings. The fourth-order valence-electron chi connectivity index (χ4n) is 2.31.